The molecule has 0 spiro atoms. The number of fused-ring (bicyclic) bond motifs is 1. The molecule has 3 aromatic rings. The van der Waals surface area contributed by atoms with Gasteiger partial charge in [-0.2, -0.15) is 4.98 Å². The summed E-state index contributed by atoms with van der Waals surface area (Å²) in [6, 6.07) is 11.5. The van der Waals surface area contributed by atoms with Crippen molar-refractivity contribution in [3.63, 3.8) is 0 Å². The number of phenolic OH excluding ortho intramolecular Hbond substituents is 1. The number of halogens is 1. The zero-order valence-electron chi connectivity index (χ0n) is 20.2. The quantitative estimate of drug-likeness (QED) is 0.539. The molecule has 0 radical (unpaired) electrons. The van der Waals surface area contributed by atoms with E-state index >= 15 is 0 Å². The zero-order chi connectivity index (χ0) is 24.4. The van der Waals surface area contributed by atoms with Gasteiger partial charge in [0.15, 0.2) is 11.5 Å². The van der Waals surface area contributed by atoms with Crippen LogP contribution in [-0.2, 0) is 19.5 Å². The molecule has 1 aromatic heterocycles. The molecule has 0 atom stereocenters. The Morgan fingerprint density at radius 2 is 1.83 bits per heavy atom. The van der Waals surface area contributed by atoms with Crippen molar-refractivity contribution in [2.45, 2.75) is 39.3 Å². The lowest BCUT2D eigenvalue weighted by Gasteiger charge is -2.33. The molecule has 35 heavy (non-hydrogen) atoms. The fourth-order valence-corrected chi connectivity index (χ4v) is 4.71. The van der Waals surface area contributed by atoms with Gasteiger partial charge in [0, 0.05) is 44.7 Å². The number of benzene rings is 2. The Hall–Kier alpha value is -3.39. The number of aromatic nitrogens is 2. The van der Waals surface area contributed by atoms with Gasteiger partial charge in [0.25, 0.3) is 0 Å². The minimum atomic E-state index is -0.311. The summed E-state index contributed by atoms with van der Waals surface area (Å²) >= 11 is 0. The summed E-state index contributed by atoms with van der Waals surface area (Å²) in [5.74, 6) is 2.77. The molecule has 1 fully saturated rings. The largest absolute Gasteiger partial charge is 0.504 e. The Labute approximate surface area is 205 Å². The number of aromatic hydroxyl groups is 1. The number of phenols is 1. The van der Waals surface area contributed by atoms with Crippen LogP contribution in [0, 0.1) is 11.7 Å². The number of piperidine rings is 1. The summed E-state index contributed by atoms with van der Waals surface area (Å²) in [4.78, 5) is 14.3. The molecular formula is C27H31FN4O3. The van der Waals surface area contributed by atoms with E-state index in [1.807, 2.05) is 12.1 Å². The lowest BCUT2D eigenvalue weighted by Crippen LogP contribution is -2.36. The molecule has 7 nitrogen and oxygen atoms in total. The van der Waals surface area contributed by atoms with Gasteiger partial charge in [0.1, 0.15) is 11.6 Å². The summed E-state index contributed by atoms with van der Waals surface area (Å²) < 4.78 is 24.9. The van der Waals surface area contributed by atoms with Crippen LogP contribution in [0.15, 0.2) is 42.5 Å². The second-order valence-corrected chi connectivity index (χ2v) is 9.41. The molecule has 0 aliphatic carbocycles. The van der Waals surface area contributed by atoms with Crippen LogP contribution in [0.3, 0.4) is 0 Å². The Morgan fingerprint density at radius 3 is 2.57 bits per heavy atom. The number of anilines is 1. The highest BCUT2D eigenvalue weighted by atomic mass is 19.1. The van der Waals surface area contributed by atoms with Crippen LogP contribution in [0.5, 0.6) is 23.1 Å². The summed E-state index contributed by atoms with van der Waals surface area (Å²) in [5.41, 5.74) is 2.71. The molecule has 184 valence electrons. The molecule has 8 heteroatoms. The van der Waals surface area contributed by atoms with Gasteiger partial charge in [-0.1, -0.05) is 19.1 Å². The molecule has 0 unspecified atom stereocenters. The predicted octanol–water partition coefficient (Wildman–Crippen LogP) is 4.92. The highest BCUT2D eigenvalue weighted by molar-refractivity contribution is 5.46. The number of para-hydroxylation sites is 1. The zero-order valence-corrected chi connectivity index (χ0v) is 20.2. The van der Waals surface area contributed by atoms with Crippen molar-refractivity contribution in [2.75, 3.05) is 31.6 Å². The van der Waals surface area contributed by atoms with Gasteiger partial charge >= 0.3 is 0 Å². The average Bonchev–Trinajstić information content (AvgIpc) is 2.87. The van der Waals surface area contributed by atoms with Crippen molar-refractivity contribution in [1.82, 2.24) is 14.9 Å². The van der Waals surface area contributed by atoms with Crippen molar-refractivity contribution >= 4 is 5.95 Å². The van der Waals surface area contributed by atoms with Crippen molar-refractivity contribution in [3.8, 4) is 23.1 Å². The van der Waals surface area contributed by atoms with Gasteiger partial charge in [-0.25, -0.2) is 9.37 Å². The van der Waals surface area contributed by atoms with E-state index in [1.165, 1.54) is 12.1 Å². The Kier molecular flexibility index (Phi) is 6.72. The second-order valence-electron chi connectivity index (χ2n) is 9.41. The first kappa shape index (κ1) is 23.4. The molecule has 1 N–H and O–H groups in total. The van der Waals surface area contributed by atoms with Crippen LogP contribution in [0.25, 0.3) is 0 Å². The Balaban J connectivity index is 1.44. The first-order valence-corrected chi connectivity index (χ1v) is 12.2. The normalized spacial score (nSPS) is 16.7. The van der Waals surface area contributed by atoms with E-state index in [0.29, 0.717) is 42.3 Å². The van der Waals surface area contributed by atoms with Crippen LogP contribution >= 0.6 is 0 Å². The number of nitrogens with zero attached hydrogens (tertiary/aromatic N) is 4. The van der Waals surface area contributed by atoms with Crippen LogP contribution in [0.1, 0.15) is 36.6 Å². The third-order valence-corrected chi connectivity index (χ3v) is 6.88. The molecule has 5 rings (SSSR count). The van der Waals surface area contributed by atoms with Gasteiger partial charge < -0.3 is 19.5 Å². The maximum absolute atomic E-state index is 13.5. The van der Waals surface area contributed by atoms with Gasteiger partial charge in [-0.05, 0) is 49.1 Å². The van der Waals surface area contributed by atoms with Gasteiger partial charge in [0.2, 0.25) is 11.8 Å². The predicted molar refractivity (Wildman–Crippen MR) is 132 cm³/mol. The SMILES string of the molecule is COc1cccc(CN2CCc3nc(N4CCC(C)CC4)nc(Oc4ccc(F)cc4)c3C2)c1O. The lowest BCUT2D eigenvalue weighted by molar-refractivity contribution is 0.234. The minimum absolute atomic E-state index is 0.162. The fraction of sp³-hybridized carbons (Fsp3) is 0.407. The summed E-state index contributed by atoms with van der Waals surface area (Å²) in [6.07, 6.45) is 2.98. The smallest absolute Gasteiger partial charge is 0.228 e. The number of hydrogen-bond acceptors (Lipinski definition) is 7. The van der Waals surface area contributed by atoms with E-state index < -0.39 is 0 Å². The van der Waals surface area contributed by atoms with E-state index in [2.05, 4.69) is 16.7 Å². The van der Waals surface area contributed by atoms with Crippen LogP contribution in [0.4, 0.5) is 10.3 Å². The van der Waals surface area contributed by atoms with Crippen LogP contribution in [-0.4, -0.2) is 46.7 Å². The number of hydrogen-bond donors (Lipinski definition) is 1. The van der Waals surface area contributed by atoms with Gasteiger partial charge in [-0.15, -0.1) is 0 Å². The van der Waals surface area contributed by atoms with Crippen molar-refractivity contribution in [3.05, 3.63) is 65.1 Å². The standard InChI is InChI=1S/C27H31FN4O3/c1-18-10-14-32(15-11-18)27-29-23-12-13-31(16-19-4-3-5-24(34-2)25(19)33)17-22(23)26(30-27)35-21-8-6-20(28)7-9-21/h3-9,18,33H,10-17H2,1-2H3. The van der Waals surface area contributed by atoms with E-state index in [9.17, 15) is 9.50 Å². The maximum atomic E-state index is 13.5. The topological polar surface area (TPSA) is 71.0 Å². The minimum Gasteiger partial charge on any atom is -0.504 e. The highest BCUT2D eigenvalue weighted by Crippen LogP contribution is 2.35. The third-order valence-electron chi connectivity index (χ3n) is 6.88. The van der Waals surface area contributed by atoms with Crippen LogP contribution < -0.4 is 14.4 Å². The third kappa shape index (κ3) is 5.17. The first-order chi connectivity index (χ1) is 17.0. The van der Waals surface area contributed by atoms with Gasteiger partial charge in [-0.3, -0.25) is 4.90 Å². The molecule has 0 bridgehead atoms. The van der Waals surface area contributed by atoms with E-state index in [-0.39, 0.29) is 11.6 Å². The number of methoxy groups -OCH3 is 1. The number of ether oxygens (including phenoxy) is 2. The fourth-order valence-electron chi connectivity index (χ4n) is 4.71. The molecule has 0 saturated carbocycles. The molecule has 2 aliphatic heterocycles. The monoisotopic (exact) mass is 478 g/mol. The van der Waals surface area contributed by atoms with Crippen molar-refractivity contribution in [2.24, 2.45) is 5.92 Å². The molecule has 0 amide bonds. The summed E-state index contributed by atoms with van der Waals surface area (Å²) in [7, 11) is 1.55. The lowest BCUT2D eigenvalue weighted by atomic mass is 9.99. The van der Waals surface area contributed by atoms with E-state index in [4.69, 9.17) is 19.4 Å². The van der Waals surface area contributed by atoms with Crippen molar-refractivity contribution < 1.29 is 19.0 Å². The van der Waals surface area contributed by atoms with E-state index in [0.717, 1.165) is 55.7 Å². The highest BCUT2D eigenvalue weighted by Gasteiger charge is 2.27. The second kappa shape index (κ2) is 10.1. The van der Waals surface area contributed by atoms with Crippen LogP contribution in [0.2, 0.25) is 0 Å². The number of rotatable bonds is 6. The molecular weight excluding hydrogens is 447 g/mol. The van der Waals surface area contributed by atoms with E-state index in [1.54, 1.807) is 25.3 Å². The Morgan fingerprint density at radius 1 is 1.06 bits per heavy atom. The average molecular weight is 479 g/mol. The molecule has 2 aliphatic rings. The molecule has 3 heterocycles. The van der Waals surface area contributed by atoms with Crippen molar-refractivity contribution in [1.29, 1.82) is 0 Å². The maximum Gasteiger partial charge on any atom is 0.228 e. The molecule has 1 saturated heterocycles. The first-order valence-electron chi connectivity index (χ1n) is 12.2. The molecule has 2 aromatic carbocycles. The summed E-state index contributed by atoms with van der Waals surface area (Å²) in [6.45, 7) is 6.08. The Bertz CT molecular complexity index is 1180. The van der Waals surface area contributed by atoms with Gasteiger partial charge in [0.05, 0.1) is 18.4 Å². The summed E-state index contributed by atoms with van der Waals surface area (Å²) in [5, 5.41) is 10.5.